The highest BCUT2D eigenvalue weighted by molar-refractivity contribution is 5.91. The molecule has 1 aromatic carbocycles. The van der Waals surface area contributed by atoms with Crippen LogP contribution in [0, 0.1) is 11.3 Å². The summed E-state index contributed by atoms with van der Waals surface area (Å²) in [6.07, 6.45) is 1.40. The van der Waals surface area contributed by atoms with Crippen molar-refractivity contribution in [2.24, 2.45) is 0 Å². The van der Waals surface area contributed by atoms with Gasteiger partial charge in [0.1, 0.15) is 12.2 Å². The molecule has 7 nitrogen and oxygen atoms in total. The molecule has 2 aliphatic rings. The second kappa shape index (κ2) is 7.32. The number of para-hydroxylation sites is 1. The Kier molecular flexibility index (Phi) is 4.96. The predicted molar refractivity (Wildman–Crippen MR) is 87.3 cm³/mol. The van der Waals surface area contributed by atoms with E-state index >= 15 is 0 Å². The predicted octanol–water partition coefficient (Wildman–Crippen LogP) is 1.41. The van der Waals surface area contributed by atoms with Gasteiger partial charge in [0.15, 0.2) is 0 Å². The minimum Gasteiger partial charge on any atom is -0.368 e. The van der Waals surface area contributed by atoms with Crippen LogP contribution in [0.4, 0.5) is 10.5 Å². The average Bonchev–Trinajstić information content (AvgIpc) is 3.16. The molecule has 7 heteroatoms. The van der Waals surface area contributed by atoms with Gasteiger partial charge in [-0.1, -0.05) is 12.1 Å². The van der Waals surface area contributed by atoms with Crippen molar-refractivity contribution < 1.29 is 14.3 Å². The highest BCUT2D eigenvalue weighted by Gasteiger charge is 2.31. The van der Waals surface area contributed by atoms with E-state index in [4.69, 9.17) is 10.00 Å². The van der Waals surface area contributed by atoms with E-state index in [2.05, 4.69) is 11.4 Å². The summed E-state index contributed by atoms with van der Waals surface area (Å²) < 4.78 is 5.43. The van der Waals surface area contributed by atoms with Crippen molar-refractivity contribution in [3.8, 4) is 6.07 Å². The van der Waals surface area contributed by atoms with Gasteiger partial charge in [-0.05, 0) is 25.0 Å². The first-order valence-electron chi connectivity index (χ1n) is 8.14. The third-order valence-corrected chi connectivity index (χ3v) is 4.37. The average molecular weight is 328 g/mol. The van der Waals surface area contributed by atoms with E-state index in [0.29, 0.717) is 44.0 Å². The zero-order valence-electron chi connectivity index (χ0n) is 13.4. The van der Waals surface area contributed by atoms with Crippen LogP contribution < -0.4 is 5.32 Å². The number of ether oxygens (including phenoxy) is 1. The van der Waals surface area contributed by atoms with Crippen LogP contribution in [0.2, 0.25) is 0 Å². The maximum atomic E-state index is 12.3. The largest absolute Gasteiger partial charge is 0.368 e. The number of nitrogens with zero attached hydrogens (tertiary/aromatic N) is 3. The molecular formula is C17H20N4O3. The zero-order chi connectivity index (χ0) is 16.9. The van der Waals surface area contributed by atoms with Gasteiger partial charge in [0.25, 0.3) is 5.91 Å². The summed E-state index contributed by atoms with van der Waals surface area (Å²) >= 11 is 0. The molecule has 2 saturated heterocycles. The van der Waals surface area contributed by atoms with Crippen LogP contribution >= 0.6 is 0 Å². The first-order chi connectivity index (χ1) is 11.7. The number of benzene rings is 1. The Balaban J connectivity index is 1.53. The number of nitrogens with one attached hydrogen (secondary N) is 1. The third kappa shape index (κ3) is 3.49. The minimum atomic E-state index is -0.312. The van der Waals surface area contributed by atoms with Crippen molar-refractivity contribution in [2.45, 2.75) is 18.9 Å². The standard InChI is InChI=1S/C17H20N4O3/c18-12-13-4-1-2-5-14(13)19-17(23)21-9-7-20(8-10-21)16(22)15-6-3-11-24-15/h1-2,4-5,15H,3,6-11H2,(H,19,23). The molecule has 126 valence electrons. The quantitative estimate of drug-likeness (QED) is 0.889. The monoisotopic (exact) mass is 328 g/mol. The summed E-state index contributed by atoms with van der Waals surface area (Å²) in [6, 6.07) is 8.70. The molecule has 2 aliphatic heterocycles. The van der Waals surface area contributed by atoms with E-state index in [-0.39, 0.29) is 18.0 Å². The summed E-state index contributed by atoms with van der Waals surface area (Å²) in [6.45, 7) is 2.60. The first kappa shape index (κ1) is 16.3. The molecule has 1 aromatic rings. The van der Waals surface area contributed by atoms with Gasteiger partial charge < -0.3 is 19.9 Å². The lowest BCUT2D eigenvalue weighted by Gasteiger charge is -2.35. The van der Waals surface area contributed by atoms with Crippen molar-refractivity contribution >= 4 is 17.6 Å². The number of rotatable bonds is 2. The van der Waals surface area contributed by atoms with Crippen LogP contribution in [0.25, 0.3) is 0 Å². The van der Waals surface area contributed by atoms with Gasteiger partial charge in [0.2, 0.25) is 0 Å². The topological polar surface area (TPSA) is 85.7 Å². The Bertz CT molecular complexity index is 656. The fraction of sp³-hybridized carbons (Fsp3) is 0.471. The van der Waals surface area contributed by atoms with Crippen LogP contribution in [0.5, 0.6) is 0 Å². The Hall–Kier alpha value is -2.59. The van der Waals surface area contributed by atoms with Crippen LogP contribution in [-0.2, 0) is 9.53 Å². The molecule has 0 aliphatic carbocycles. The number of nitriles is 1. The fourth-order valence-corrected chi connectivity index (χ4v) is 2.99. The Morgan fingerprint density at radius 1 is 1.17 bits per heavy atom. The van der Waals surface area contributed by atoms with Crippen molar-refractivity contribution in [3.05, 3.63) is 29.8 Å². The van der Waals surface area contributed by atoms with Crippen molar-refractivity contribution in [3.63, 3.8) is 0 Å². The molecule has 3 amide bonds. The summed E-state index contributed by atoms with van der Waals surface area (Å²) in [5.74, 6) is 0.0300. The molecule has 0 saturated carbocycles. The van der Waals surface area contributed by atoms with E-state index < -0.39 is 0 Å². The van der Waals surface area contributed by atoms with Crippen LogP contribution in [0.3, 0.4) is 0 Å². The number of urea groups is 1. The highest BCUT2D eigenvalue weighted by atomic mass is 16.5. The first-order valence-corrected chi connectivity index (χ1v) is 8.14. The molecule has 1 N–H and O–H groups in total. The summed E-state index contributed by atoms with van der Waals surface area (Å²) in [5, 5.41) is 11.8. The van der Waals surface area contributed by atoms with Gasteiger partial charge in [-0.2, -0.15) is 5.26 Å². The number of hydrogen-bond acceptors (Lipinski definition) is 4. The van der Waals surface area contributed by atoms with Gasteiger partial charge in [0, 0.05) is 32.8 Å². The molecule has 0 radical (unpaired) electrons. The molecule has 0 aromatic heterocycles. The smallest absolute Gasteiger partial charge is 0.322 e. The number of amides is 3. The lowest BCUT2D eigenvalue weighted by Crippen LogP contribution is -2.53. The SMILES string of the molecule is N#Cc1ccccc1NC(=O)N1CCN(C(=O)C2CCCO2)CC1. The Labute approximate surface area is 140 Å². The zero-order valence-corrected chi connectivity index (χ0v) is 13.4. The molecule has 1 atom stereocenters. The number of carbonyl (C=O) groups is 2. The van der Waals surface area contributed by atoms with Gasteiger partial charge in [-0.25, -0.2) is 4.79 Å². The summed E-state index contributed by atoms with van der Waals surface area (Å²) in [4.78, 5) is 28.1. The molecule has 3 rings (SSSR count). The maximum Gasteiger partial charge on any atom is 0.322 e. The highest BCUT2D eigenvalue weighted by Crippen LogP contribution is 2.17. The van der Waals surface area contributed by atoms with Crippen molar-refractivity contribution in [2.75, 3.05) is 38.1 Å². The van der Waals surface area contributed by atoms with Gasteiger partial charge in [-0.15, -0.1) is 0 Å². The van der Waals surface area contributed by atoms with E-state index in [1.807, 2.05) is 0 Å². The molecule has 1 unspecified atom stereocenters. The van der Waals surface area contributed by atoms with Crippen molar-refractivity contribution in [1.82, 2.24) is 9.80 Å². The molecular weight excluding hydrogens is 308 g/mol. The molecule has 0 bridgehead atoms. The van der Waals surface area contributed by atoms with E-state index in [0.717, 1.165) is 12.8 Å². The molecule has 24 heavy (non-hydrogen) atoms. The van der Waals surface area contributed by atoms with E-state index in [1.165, 1.54) is 0 Å². The van der Waals surface area contributed by atoms with Crippen LogP contribution in [-0.4, -0.2) is 60.6 Å². The number of piperazine rings is 1. The van der Waals surface area contributed by atoms with Crippen molar-refractivity contribution in [1.29, 1.82) is 5.26 Å². The number of carbonyl (C=O) groups excluding carboxylic acids is 2. The minimum absolute atomic E-state index is 0.0300. The number of hydrogen-bond donors (Lipinski definition) is 1. The maximum absolute atomic E-state index is 12.3. The number of anilines is 1. The second-order valence-corrected chi connectivity index (χ2v) is 5.90. The second-order valence-electron chi connectivity index (χ2n) is 5.90. The molecule has 2 heterocycles. The fourth-order valence-electron chi connectivity index (χ4n) is 2.99. The van der Waals surface area contributed by atoms with Crippen LogP contribution in [0.15, 0.2) is 24.3 Å². The summed E-state index contributed by atoms with van der Waals surface area (Å²) in [5.41, 5.74) is 0.931. The van der Waals surface area contributed by atoms with E-state index in [1.54, 1.807) is 34.1 Å². The normalized spacial score (nSPS) is 20.5. The van der Waals surface area contributed by atoms with Gasteiger partial charge in [-0.3, -0.25) is 4.79 Å². The summed E-state index contributed by atoms with van der Waals surface area (Å²) in [7, 11) is 0. The van der Waals surface area contributed by atoms with Gasteiger partial charge in [0.05, 0.1) is 11.3 Å². The Morgan fingerprint density at radius 3 is 2.54 bits per heavy atom. The van der Waals surface area contributed by atoms with Crippen LogP contribution in [0.1, 0.15) is 18.4 Å². The third-order valence-electron chi connectivity index (χ3n) is 4.37. The lowest BCUT2D eigenvalue weighted by atomic mass is 10.2. The van der Waals surface area contributed by atoms with Gasteiger partial charge >= 0.3 is 6.03 Å². The lowest BCUT2D eigenvalue weighted by molar-refractivity contribution is -0.142. The molecule has 2 fully saturated rings. The van der Waals surface area contributed by atoms with E-state index in [9.17, 15) is 9.59 Å². The molecule has 0 spiro atoms. The Morgan fingerprint density at radius 2 is 1.88 bits per heavy atom.